The van der Waals surface area contributed by atoms with Gasteiger partial charge in [0.25, 0.3) is 5.56 Å². The van der Waals surface area contributed by atoms with Crippen LogP contribution in [0.1, 0.15) is 5.69 Å². The van der Waals surface area contributed by atoms with E-state index in [0.717, 1.165) is 12.1 Å². The van der Waals surface area contributed by atoms with Crippen LogP contribution in [0.2, 0.25) is 0 Å². The topological polar surface area (TPSA) is 50.7 Å². The van der Waals surface area contributed by atoms with Crippen molar-refractivity contribution in [2.24, 2.45) is 0 Å². The highest BCUT2D eigenvalue weighted by Crippen LogP contribution is 2.25. The molecule has 0 aliphatic carbocycles. The first kappa shape index (κ1) is 13.6. The van der Waals surface area contributed by atoms with Gasteiger partial charge in [0.2, 0.25) is 0 Å². The number of aromatic amines is 1. The largest absolute Gasteiger partial charge is 0.290 e. The van der Waals surface area contributed by atoms with Crippen molar-refractivity contribution < 1.29 is 8.78 Å². The zero-order valence-electron chi connectivity index (χ0n) is 12.1. The third kappa shape index (κ3) is 1.95. The first-order chi connectivity index (χ1) is 11.1. The van der Waals surface area contributed by atoms with Gasteiger partial charge in [-0.2, -0.15) is 0 Å². The molecule has 2 aromatic carbocycles. The summed E-state index contributed by atoms with van der Waals surface area (Å²) in [6, 6.07) is 11.1. The molecule has 0 amide bonds. The fraction of sp³-hybridized carbons (Fsp3) is 0.0588. The van der Waals surface area contributed by atoms with Crippen LogP contribution < -0.4 is 5.56 Å². The number of H-pyrrole nitrogens is 1. The number of nitrogens with one attached hydrogen (secondary N) is 1. The Labute approximate surface area is 129 Å². The summed E-state index contributed by atoms with van der Waals surface area (Å²) in [4.78, 5) is 16.9. The van der Waals surface area contributed by atoms with Crippen molar-refractivity contribution in [3.8, 4) is 5.69 Å². The zero-order chi connectivity index (χ0) is 16.1. The fourth-order valence-corrected chi connectivity index (χ4v) is 2.79. The summed E-state index contributed by atoms with van der Waals surface area (Å²) in [6.07, 6.45) is 0. The second-order valence-corrected chi connectivity index (χ2v) is 5.32. The summed E-state index contributed by atoms with van der Waals surface area (Å²) in [6.45, 7) is 1.67. The Morgan fingerprint density at radius 1 is 1.09 bits per heavy atom. The molecule has 0 bridgehead atoms. The highest BCUT2D eigenvalue weighted by molar-refractivity contribution is 6.04. The van der Waals surface area contributed by atoms with E-state index in [1.54, 1.807) is 19.1 Å². The highest BCUT2D eigenvalue weighted by Gasteiger charge is 2.16. The van der Waals surface area contributed by atoms with Crippen LogP contribution in [-0.2, 0) is 0 Å². The molecule has 1 N–H and O–H groups in total. The quantitative estimate of drug-likeness (QED) is 0.585. The van der Waals surface area contributed by atoms with Crippen molar-refractivity contribution in [2.45, 2.75) is 6.92 Å². The maximum absolute atomic E-state index is 13.6. The average molecular weight is 311 g/mol. The number of hydrogen-bond acceptors (Lipinski definition) is 2. The molecule has 6 heteroatoms. The van der Waals surface area contributed by atoms with E-state index in [4.69, 9.17) is 0 Å². The molecule has 23 heavy (non-hydrogen) atoms. The first-order valence-corrected chi connectivity index (χ1v) is 7.02. The minimum absolute atomic E-state index is 0.275. The number of rotatable bonds is 1. The summed E-state index contributed by atoms with van der Waals surface area (Å²) in [7, 11) is 0. The SMILES string of the molecule is Cc1nc2cc(F)c(F)cc2c2[nH]n(-c3ccccc3)c(=O)c12. The van der Waals surface area contributed by atoms with Gasteiger partial charge < -0.3 is 0 Å². The Bertz CT molecular complexity index is 1110. The third-order valence-electron chi connectivity index (χ3n) is 3.86. The van der Waals surface area contributed by atoms with Gasteiger partial charge in [0.1, 0.15) is 0 Å². The average Bonchev–Trinajstić information content (AvgIpc) is 2.89. The standard InChI is InChI=1S/C17H11F2N3O/c1-9-15-16(11-7-12(18)13(19)8-14(11)20-9)21-22(17(15)23)10-5-3-2-4-6-10/h2-8,21H,1H3. The number of pyridine rings is 1. The Balaban J connectivity index is 2.17. The van der Waals surface area contributed by atoms with Crippen LogP contribution in [-0.4, -0.2) is 14.8 Å². The van der Waals surface area contributed by atoms with Gasteiger partial charge >= 0.3 is 0 Å². The molecular weight excluding hydrogens is 300 g/mol. The number of nitrogens with zero attached hydrogens (tertiary/aromatic N) is 2. The van der Waals surface area contributed by atoms with Crippen LogP contribution in [0.25, 0.3) is 27.5 Å². The van der Waals surface area contributed by atoms with E-state index >= 15 is 0 Å². The molecular formula is C17H11F2N3O. The Morgan fingerprint density at radius 3 is 2.52 bits per heavy atom. The second-order valence-electron chi connectivity index (χ2n) is 5.32. The van der Waals surface area contributed by atoms with E-state index in [-0.39, 0.29) is 5.56 Å². The number of para-hydroxylation sites is 1. The predicted molar refractivity (Wildman–Crippen MR) is 83.8 cm³/mol. The van der Waals surface area contributed by atoms with E-state index in [1.165, 1.54) is 4.68 Å². The molecule has 0 atom stereocenters. The number of halogens is 2. The lowest BCUT2D eigenvalue weighted by atomic mass is 10.1. The van der Waals surface area contributed by atoms with Gasteiger partial charge in [-0.05, 0) is 25.1 Å². The lowest BCUT2D eigenvalue weighted by molar-refractivity contribution is 0.510. The van der Waals surface area contributed by atoms with Gasteiger partial charge in [-0.1, -0.05) is 18.2 Å². The summed E-state index contributed by atoms with van der Waals surface area (Å²) < 4.78 is 28.4. The first-order valence-electron chi connectivity index (χ1n) is 7.02. The molecule has 0 saturated carbocycles. The van der Waals surface area contributed by atoms with E-state index in [1.807, 2.05) is 18.2 Å². The van der Waals surface area contributed by atoms with Crippen LogP contribution in [0.3, 0.4) is 0 Å². The van der Waals surface area contributed by atoms with E-state index < -0.39 is 11.6 Å². The molecule has 4 aromatic rings. The molecule has 114 valence electrons. The van der Waals surface area contributed by atoms with Crippen molar-refractivity contribution in [3.05, 3.63) is 70.1 Å². The van der Waals surface area contributed by atoms with Crippen LogP contribution in [0.15, 0.2) is 47.3 Å². The Hall–Kier alpha value is -3.02. The third-order valence-corrected chi connectivity index (χ3v) is 3.86. The van der Waals surface area contributed by atoms with E-state index in [9.17, 15) is 13.6 Å². The molecule has 0 aliphatic heterocycles. The number of hydrogen-bond donors (Lipinski definition) is 1. The van der Waals surface area contributed by atoms with Crippen LogP contribution in [0.4, 0.5) is 8.78 Å². The Kier molecular flexibility index (Phi) is 2.81. The molecule has 0 saturated heterocycles. The van der Waals surface area contributed by atoms with Crippen molar-refractivity contribution >= 4 is 21.8 Å². The number of aryl methyl sites for hydroxylation is 1. The monoisotopic (exact) mass is 311 g/mol. The number of aromatic nitrogens is 3. The molecule has 0 fully saturated rings. The van der Waals surface area contributed by atoms with Crippen molar-refractivity contribution in [3.63, 3.8) is 0 Å². The van der Waals surface area contributed by atoms with Gasteiger partial charge in [-0.25, -0.2) is 13.5 Å². The van der Waals surface area contributed by atoms with E-state index in [0.29, 0.717) is 33.2 Å². The summed E-state index contributed by atoms with van der Waals surface area (Å²) in [5.41, 5.74) is 1.59. The number of fused-ring (bicyclic) bond motifs is 3. The van der Waals surface area contributed by atoms with Crippen LogP contribution in [0, 0.1) is 18.6 Å². The van der Waals surface area contributed by atoms with Crippen molar-refractivity contribution in [1.82, 2.24) is 14.8 Å². The summed E-state index contributed by atoms with van der Waals surface area (Å²) in [5, 5.41) is 3.73. The van der Waals surface area contributed by atoms with Gasteiger partial charge in [-0.3, -0.25) is 14.9 Å². The highest BCUT2D eigenvalue weighted by atomic mass is 19.2. The van der Waals surface area contributed by atoms with Crippen molar-refractivity contribution in [1.29, 1.82) is 0 Å². The fourth-order valence-electron chi connectivity index (χ4n) is 2.79. The second kappa shape index (κ2) is 4.74. The Morgan fingerprint density at radius 2 is 1.78 bits per heavy atom. The van der Waals surface area contributed by atoms with Gasteiger partial charge in [0, 0.05) is 11.5 Å². The molecule has 0 unspecified atom stereocenters. The lowest BCUT2D eigenvalue weighted by Crippen LogP contribution is -2.14. The zero-order valence-corrected chi connectivity index (χ0v) is 12.1. The van der Waals surface area contributed by atoms with Gasteiger partial charge in [-0.15, -0.1) is 0 Å². The molecule has 2 heterocycles. The van der Waals surface area contributed by atoms with Crippen molar-refractivity contribution in [2.75, 3.05) is 0 Å². The maximum Gasteiger partial charge on any atom is 0.280 e. The molecule has 0 radical (unpaired) electrons. The molecule has 4 nitrogen and oxygen atoms in total. The smallest absolute Gasteiger partial charge is 0.280 e. The van der Waals surface area contributed by atoms with Crippen LogP contribution in [0.5, 0.6) is 0 Å². The van der Waals surface area contributed by atoms with Gasteiger partial charge in [0.15, 0.2) is 11.6 Å². The normalized spacial score (nSPS) is 11.4. The lowest BCUT2D eigenvalue weighted by Gasteiger charge is -2.02. The minimum atomic E-state index is -0.974. The van der Waals surface area contributed by atoms with Crippen LogP contribution >= 0.6 is 0 Å². The molecule has 2 aromatic heterocycles. The molecule has 0 spiro atoms. The maximum atomic E-state index is 13.6. The molecule has 0 aliphatic rings. The summed E-state index contributed by atoms with van der Waals surface area (Å²) in [5.74, 6) is -1.94. The molecule has 4 rings (SSSR count). The number of benzene rings is 2. The minimum Gasteiger partial charge on any atom is -0.290 e. The van der Waals surface area contributed by atoms with E-state index in [2.05, 4.69) is 10.1 Å². The predicted octanol–water partition coefficient (Wildman–Crippen LogP) is 3.45. The summed E-state index contributed by atoms with van der Waals surface area (Å²) >= 11 is 0. The van der Waals surface area contributed by atoms with Gasteiger partial charge in [0.05, 0.1) is 27.8 Å².